The van der Waals surface area contributed by atoms with Crippen molar-refractivity contribution >= 4 is 27.8 Å². The van der Waals surface area contributed by atoms with Crippen molar-refractivity contribution in [2.45, 2.75) is 13.3 Å². The number of hydrogen-bond donors (Lipinski definition) is 0. The average molecular weight is 267 g/mol. The Morgan fingerprint density at radius 3 is 2.80 bits per heavy atom. The van der Waals surface area contributed by atoms with E-state index in [2.05, 4.69) is 15.9 Å². The van der Waals surface area contributed by atoms with Crippen LogP contribution in [0.3, 0.4) is 0 Å². The van der Waals surface area contributed by atoms with Gasteiger partial charge in [-0.15, -0.1) is 0 Å². The predicted octanol–water partition coefficient (Wildman–Crippen LogP) is 2.99. The Labute approximate surface area is 97.1 Å². The van der Waals surface area contributed by atoms with Gasteiger partial charge in [0.2, 0.25) is 0 Å². The van der Waals surface area contributed by atoms with Gasteiger partial charge in [0.15, 0.2) is 5.78 Å². The Kier molecular flexibility index (Phi) is 2.65. The van der Waals surface area contributed by atoms with Gasteiger partial charge in [0, 0.05) is 6.42 Å². The molecule has 0 fully saturated rings. The molecule has 0 saturated heterocycles. The molecule has 0 aromatic heterocycles. The van der Waals surface area contributed by atoms with E-state index in [-0.39, 0.29) is 5.78 Å². The summed E-state index contributed by atoms with van der Waals surface area (Å²) >= 11 is 3.43. The highest BCUT2D eigenvalue weighted by Gasteiger charge is 2.17. The van der Waals surface area contributed by atoms with Gasteiger partial charge in [-0.05, 0) is 57.8 Å². The fourth-order valence-corrected chi connectivity index (χ4v) is 2.20. The maximum atomic E-state index is 11.5. The largest absolute Gasteiger partial charge is 0.496 e. The molecule has 1 aliphatic rings. The van der Waals surface area contributed by atoms with E-state index >= 15 is 0 Å². The van der Waals surface area contributed by atoms with Gasteiger partial charge in [-0.1, -0.05) is 0 Å². The van der Waals surface area contributed by atoms with Crippen LogP contribution in [0, 0.1) is 0 Å². The number of ketones is 1. The molecule has 0 radical (unpaired) electrons. The van der Waals surface area contributed by atoms with Crippen molar-refractivity contribution in [2.75, 3.05) is 7.11 Å². The summed E-state index contributed by atoms with van der Waals surface area (Å²) in [6, 6.07) is 3.91. The maximum absolute atomic E-state index is 11.5. The Morgan fingerprint density at radius 1 is 1.40 bits per heavy atom. The van der Waals surface area contributed by atoms with Crippen LogP contribution >= 0.6 is 15.9 Å². The molecule has 0 saturated carbocycles. The summed E-state index contributed by atoms with van der Waals surface area (Å²) in [5.74, 6) is 0.960. The van der Waals surface area contributed by atoms with Crippen molar-refractivity contribution in [3.8, 4) is 5.75 Å². The minimum Gasteiger partial charge on any atom is -0.496 e. The highest BCUT2D eigenvalue weighted by atomic mass is 79.9. The Morgan fingerprint density at radius 2 is 2.13 bits per heavy atom. The van der Waals surface area contributed by atoms with Crippen LogP contribution in [0.25, 0.3) is 6.08 Å². The molecule has 3 heteroatoms. The van der Waals surface area contributed by atoms with Crippen LogP contribution in [0.15, 0.2) is 22.2 Å². The van der Waals surface area contributed by atoms with E-state index in [9.17, 15) is 4.79 Å². The van der Waals surface area contributed by atoms with Crippen LogP contribution in [-0.4, -0.2) is 12.9 Å². The summed E-state index contributed by atoms with van der Waals surface area (Å²) in [4.78, 5) is 11.5. The Hall–Kier alpha value is -1.09. The van der Waals surface area contributed by atoms with Gasteiger partial charge in [-0.25, -0.2) is 0 Å². The highest BCUT2D eigenvalue weighted by molar-refractivity contribution is 9.10. The number of hydrogen-bond acceptors (Lipinski definition) is 2. The van der Waals surface area contributed by atoms with Gasteiger partial charge in [0.1, 0.15) is 5.75 Å². The van der Waals surface area contributed by atoms with Crippen LogP contribution < -0.4 is 4.74 Å². The smallest absolute Gasteiger partial charge is 0.162 e. The lowest BCUT2D eigenvalue weighted by molar-refractivity contribution is -0.114. The monoisotopic (exact) mass is 266 g/mol. The first-order chi connectivity index (χ1) is 7.11. The molecule has 0 amide bonds. The lowest BCUT2D eigenvalue weighted by Gasteiger charge is -2.15. The van der Waals surface area contributed by atoms with Crippen molar-refractivity contribution in [3.05, 3.63) is 33.3 Å². The molecule has 0 heterocycles. The number of allylic oxidation sites excluding steroid dienone is 1. The summed E-state index contributed by atoms with van der Waals surface area (Å²) in [7, 11) is 1.62. The molecule has 0 bridgehead atoms. The van der Waals surface area contributed by atoms with Gasteiger partial charge in [0.05, 0.1) is 11.6 Å². The number of carbonyl (C=O) groups excluding carboxylic acids is 1. The summed E-state index contributed by atoms with van der Waals surface area (Å²) in [5.41, 5.74) is 2.95. The van der Waals surface area contributed by atoms with E-state index in [1.165, 1.54) is 0 Å². The zero-order valence-electron chi connectivity index (χ0n) is 8.63. The molecule has 0 unspecified atom stereocenters. The van der Waals surface area contributed by atoms with E-state index in [4.69, 9.17) is 4.74 Å². The molecule has 1 aromatic carbocycles. The zero-order valence-corrected chi connectivity index (χ0v) is 10.2. The van der Waals surface area contributed by atoms with Crippen molar-refractivity contribution in [1.29, 1.82) is 0 Å². The molecular weight excluding hydrogens is 256 g/mol. The van der Waals surface area contributed by atoms with E-state index in [1.807, 2.05) is 25.1 Å². The number of halogens is 1. The van der Waals surface area contributed by atoms with Crippen LogP contribution in [0.5, 0.6) is 5.75 Å². The van der Waals surface area contributed by atoms with E-state index in [0.717, 1.165) is 26.9 Å². The fraction of sp³-hybridized carbons (Fsp3) is 0.250. The number of ether oxygens (including phenoxy) is 1. The van der Waals surface area contributed by atoms with Gasteiger partial charge in [-0.3, -0.25) is 4.79 Å². The van der Waals surface area contributed by atoms with Gasteiger partial charge < -0.3 is 4.74 Å². The first kappa shape index (κ1) is 10.4. The maximum Gasteiger partial charge on any atom is 0.162 e. The van der Waals surface area contributed by atoms with Crippen molar-refractivity contribution < 1.29 is 9.53 Å². The number of carbonyl (C=O) groups is 1. The predicted molar refractivity (Wildman–Crippen MR) is 63.1 cm³/mol. The molecule has 78 valence electrons. The van der Waals surface area contributed by atoms with E-state index in [1.54, 1.807) is 7.11 Å². The molecule has 1 aliphatic carbocycles. The first-order valence-corrected chi connectivity index (χ1v) is 5.49. The van der Waals surface area contributed by atoms with E-state index < -0.39 is 0 Å². The topological polar surface area (TPSA) is 26.3 Å². The third kappa shape index (κ3) is 1.84. The average Bonchev–Trinajstić information content (AvgIpc) is 2.20. The molecule has 0 aliphatic heterocycles. The Bertz CT molecular complexity index is 461. The molecule has 0 N–H and O–H groups in total. The first-order valence-electron chi connectivity index (χ1n) is 4.69. The van der Waals surface area contributed by atoms with Crippen LogP contribution in [0.2, 0.25) is 0 Å². The SMILES string of the molecule is COc1cc2c(cc1Br)C=C(C)C(=O)C2. The third-order valence-electron chi connectivity index (χ3n) is 2.58. The lowest BCUT2D eigenvalue weighted by Crippen LogP contribution is -2.10. The van der Waals surface area contributed by atoms with Crippen molar-refractivity contribution in [2.24, 2.45) is 0 Å². The summed E-state index contributed by atoms with van der Waals surface area (Å²) in [5, 5.41) is 0. The molecule has 0 spiro atoms. The molecular formula is C12H11BrO2. The van der Waals surface area contributed by atoms with Crippen molar-refractivity contribution in [3.63, 3.8) is 0 Å². The molecule has 1 aromatic rings. The summed E-state index contributed by atoms with van der Waals surface area (Å²) < 4.78 is 6.11. The minimum atomic E-state index is 0.187. The molecule has 15 heavy (non-hydrogen) atoms. The van der Waals surface area contributed by atoms with Crippen LogP contribution in [0.4, 0.5) is 0 Å². The standard InChI is InChI=1S/C12H11BrO2/c1-7-3-8-4-10(13)12(15-2)6-9(8)5-11(7)14/h3-4,6H,5H2,1-2H3. The Balaban J connectivity index is 2.56. The minimum absolute atomic E-state index is 0.187. The van der Waals surface area contributed by atoms with Crippen LogP contribution in [-0.2, 0) is 11.2 Å². The lowest BCUT2D eigenvalue weighted by atomic mass is 9.92. The molecule has 2 rings (SSSR count). The van der Waals surface area contributed by atoms with Gasteiger partial charge in [0.25, 0.3) is 0 Å². The highest BCUT2D eigenvalue weighted by Crippen LogP contribution is 2.32. The normalized spacial score (nSPS) is 14.6. The summed E-state index contributed by atoms with van der Waals surface area (Å²) in [6.45, 7) is 1.85. The second kappa shape index (κ2) is 3.81. The molecule has 0 atom stereocenters. The quantitative estimate of drug-likeness (QED) is 0.781. The number of methoxy groups -OCH3 is 1. The van der Waals surface area contributed by atoms with Crippen LogP contribution in [0.1, 0.15) is 18.1 Å². The zero-order chi connectivity index (χ0) is 11.0. The second-order valence-electron chi connectivity index (χ2n) is 3.61. The number of Topliss-reactive ketones (excluding diaryl/α,β-unsaturated/α-hetero) is 1. The van der Waals surface area contributed by atoms with E-state index in [0.29, 0.717) is 6.42 Å². The van der Waals surface area contributed by atoms with Crippen molar-refractivity contribution in [1.82, 2.24) is 0 Å². The summed E-state index contributed by atoms with van der Waals surface area (Å²) in [6.07, 6.45) is 2.40. The van der Waals surface area contributed by atoms with Gasteiger partial charge in [-0.2, -0.15) is 0 Å². The third-order valence-corrected chi connectivity index (χ3v) is 3.20. The number of benzene rings is 1. The fourth-order valence-electron chi connectivity index (χ4n) is 1.68. The number of rotatable bonds is 1. The number of fused-ring (bicyclic) bond motifs is 1. The second-order valence-corrected chi connectivity index (χ2v) is 4.47. The molecule has 2 nitrogen and oxygen atoms in total. The van der Waals surface area contributed by atoms with Gasteiger partial charge >= 0.3 is 0 Å².